The standard InChI is InChI=1S/C16H16N2O/c17-10-3-4-11-19-16-14(12-18)8-5-7-13-6-1-2-9-15(13)16/h1-2,6,9H,3-5,7-8,11H2. The molecule has 1 aromatic carbocycles. The van der Waals surface area contributed by atoms with Gasteiger partial charge >= 0.3 is 0 Å². The molecule has 0 saturated heterocycles. The molecule has 0 aliphatic heterocycles. The molecule has 1 aliphatic rings. The molecule has 0 saturated carbocycles. The number of fused-ring (bicyclic) bond motifs is 1. The van der Waals surface area contributed by atoms with E-state index in [1.807, 2.05) is 18.2 Å². The maximum atomic E-state index is 9.27. The molecule has 0 aromatic heterocycles. The number of hydrogen-bond acceptors (Lipinski definition) is 3. The van der Waals surface area contributed by atoms with Crippen molar-refractivity contribution in [3.05, 3.63) is 41.0 Å². The Bertz CT molecular complexity index is 561. The average molecular weight is 252 g/mol. The normalized spacial score (nSPS) is 14.0. The largest absolute Gasteiger partial charge is 0.492 e. The van der Waals surface area contributed by atoms with Crippen molar-refractivity contribution in [1.82, 2.24) is 0 Å². The number of aryl methyl sites for hydroxylation is 1. The van der Waals surface area contributed by atoms with Crippen LogP contribution in [0.15, 0.2) is 29.8 Å². The topological polar surface area (TPSA) is 56.8 Å². The van der Waals surface area contributed by atoms with Crippen molar-refractivity contribution in [3.8, 4) is 12.1 Å². The molecule has 0 amide bonds. The maximum absolute atomic E-state index is 9.27. The van der Waals surface area contributed by atoms with Gasteiger partial charge in [0.05, 0.1) is 24.3 Å². The SMILES string of the molecule is N#CCCCOC1=C(C#N)CCCc2ccccc21. The highest BCUT2D eigenvalue weighted by atomic mass is 16.5. The molecule has 0 radical (unpaired) electrons. The molecule has 3 nitrogen and oxygen atoms in total. The van der Waals surface area contributed by atoms with Gasteiger partial charge < -0.3 is 4.74 Å². The molecule has 2 rings (SSSR count). The first-order valence-corrected chi connectivity index (χ1v) is 6.58. The quantitative estimate of drug-likeness (QED) is 0.769. The van der Waals surface area contributed by atoms with Crippen LogP contribution < -0.4 is 0 Å². The van der Waals surface area contributed by atoms with E-state index >= 15 is 0 Å². The van der Waals surface area contributed by atoms with Crippen LogP contribution in [-0.2, 0) is 11.2 Å². The highest BCUT2D eigenvalue weighted by Gasteiger charge is 2.18. The van der Waals surface area contributed by atoms with Crippen LogP contribution >= 0.6 is 0 Å². The monoisotopic (exact) mass is 252 g/mol. The van der Waals surface area contributed by atoms with Gasteiger partial charge in [-0.2, -0.15) is 10.5 Å². The van der Waals surface area contributed by atoms with Gasteiger partial charge in [-0.3, -0.25) is 0 Å². The number of allylic oxidation sites excluding steroid dienone is 1. The fourth-order valence-corrected chi connectivity index (χ4v) is 2.29. The van der Waals surface area contributed by atoms with Gasteiger partial charge in [0.15, 0.2) is 0 Å². The Morgan fingerprint density at radius 1 is 1.16 bits per heavy atom. The van der Waals surface area contributed by atoms with Gasteiger partial charge in [-0.1, -0.05) is 24.3 Å². The summed E-state index contributed by atoms with van der Waals surface area (Å²) >= 11 is 0. The predicted molar refractivity (Wildman–Crippen MR) is 72.7 cm³/mol. The van der Waals surface area contributed by atoms with Crippen LogP contribution in [0, 0.1) is 22.7 Å². The molecule has 0 fully saturated rings. The molecule has 0 heterocycles. The number of benzene rings is 1. The highest BCUT2D eigenvalue weighted by Crippen LogP contribution is 2.30. The van der Waals surface area contributed by atoms with Crippen LogP contribution in [0.5, 0.6) is 0 Å². The molecule has 0 atom stereocenters. The summed E-state index contributed by atoms with van der Waals surface area (Å²) in [7, 11) is 0. The number of unbranched alkanes of at least 4 members (excludes halogenated alkanes) is 1. The third kappa shape index (κ3) is 3.14. The van der Waals surface area contributed by atoms with E-state index in [0.717, 1.165) is 30.4 Å². The van der Waals surface area contributed by atoms with E-state index in [4.69, 9.17) is 10.00 Å². The second kappa shape index (κ2) is 6.61. The van der Waals surface area contributed by atoms with E-state index in [0.29, 0.717) is 25.2 Å². The summed E-state index contributed by atoms with van der Waals surface area (Å²) in [5.41, 5.74) is 3.00. The van der Waals surface area contributed by atoms with E-state index in [1.165, 1.54) is 5.56 Å². The van der Waals surface area contributed by atoms with Crippen molar-refractivity contribution in [3.63, 3.8) is 0 Å². The summed E-state index contributed by atoms with van der Waals surface area (Å²) in [5.74, 6) is 0.716. The number of hydrogen-bond donors (Lipinski definition) is 0. The first-order valence-electron chi connectivity index (χ1n) is 6.58. The Morgan fingerprint density at radius 2 is 2.00 bits per heavy atom. The van der Waals surface area contributed by atoms with Gasteiger partial charge in [-0.25, -0.2) is 0 Å². The van der Waals surface area contributed by atoms with E-state index < -0.39 is 0 Å². The zero-order chi connectivity index (χ0) is 13.5. The second-order valence-electron chi connectivity index (χ2n) is 4.54. The molecule has 1 aromatic rings. The molecule has 0 bridgehead atoms. The summed E-state index contributed by atoms with van der Waals surface area (Å²) in [6.07, 6.45) is 3.90. The van der Waals surface area contributed by atoms with Crippen LogP contribution in [0.1, 0.15) is 36.8 Å². The van der Waals surface area contributed by atoms with E-state index in [9.17, 15) is 5.26 Å². The highest BCUT2D eigenvalue weighted by molar-refractivity contribution is 5.69. The van der Waals surface area contributed by atoms with Crippen LogP contribution in [0.25, 0.3) is 5.76 Å². The van der Waals surface area contributed by atoms with Crippen molar-refractivity contribution in [1.29, 1.82) is 10.5 Å². The second-order valence-corrected chi connectivity index (χ2v) is 4.54. The zero-order valence-corrected chi connectivity index (χ0v) is 10.9. The molecule has 0 N–H and O–H groups in total. The lowest BCUT2D eigenvalue weighted by Crippen LogP contribution is -1.99. The zero-order valence-electron chi connectivity index (χ0n) is 10.9. The van der Waals surface area contributed by atoms with Crippen molar-refractivity contribution in [2.24, 2.45) is 0 Å². The summed E-state index contributed by atoms with van der Waals surface area (Å²) in [4.78, 5) is 0. The molecule has 1 aliphatic carbocycles. The molecule has 3 heteroatoms. The fourth-order valence-electron chi connectivity index (χ4n) is 2.29. The van der Waals surface area contributed by atoms with E-state index in [-0.39, 0.29) is 0 Å². The summed E-state index contributed by atoms with van der Waals surface area (Å²) in [6, 6.07) is 12.5. The van der Waals surface area contributed by atoms with Crippen LogP contribution in [0.4, 0.5) is 0 Å². The Morgan fingerprint density at radius 3 is 2.79 bits per heavy atom. The molecule has 19 heavy (non-hydrogen) atoms. The smallest absolute Gasteiger partial charge is 0.140 e. The van der Waals surface area contributed by atoms with Gasteiger partial charge in [0.25, 0.3) is 0 Å². The van der Waals surface area contributed by atoms with Crippen LogP contribution in [-0.4, -0.2) is 6.61 Å². The molecule has 0 spiro atoms. The summed E-state index contributed by atoms with van der Waals surface area (Å²) < 4.78 is 5.80. The molecular weight excluding hydrogens is 236 g/mol. The third-order valence-corrected chi connectivity index (χ3v) is 3.22. The Balaban J connectivity index is 2.26. The fraction of sp³-hybridized carbons (Fsp3) is 0.375. The van der Waals surface area contributed by atoms with Crippen LogP contribution in [0.2, 0.25) is 0 Å². The summed E-state index contributed by atoms with van der Waals surface area (Å²) in [5, 5.41) is 17.8. The third-order valence-electron chi connectivity index (χ3n) is 3.22. The number of nitrogens with zero attached hydrogens (tertiary/aromatic N) is 2. The lowest BCUT2D eigenvalue weighted by atomic mass is 10.0. The molecule has 96 valence electrons. The maximum Gasteiger partial charge on any atom is 0.140 e. The minimum Gasteiger partial charge on any atom is -0.492 e. The van der Waals surface area contributed by atoms with Crippen molar-refractivity contribution >= 4 is 5.76 Å². The van der Waals surface area contributed by atoms with Gasteiger partial charge in [0, 0.05) is 12.0 Å². The number of nitriles is 2. The van der Waals surface area contributed by atoms with Gasteiger partial charge in [-0.15, -0.1) is 0 Å². The number of rotatable bonds is 4. The summed E-state index contributed by atoms with van der Waals surface area (Å²) in [6.45, 7) is 0.488. The minimum atomic E-state index is 0.483. The average Bonchev–Trinajstić information content (AvgIpc) is 2.63. The van der Waals surface area contributed by atoms with Gasteiger partial charge in [0.2, 0.25) is 0 Å². The Labute approximate surface area is 113 Å². The lowest BCUT2D eigenvalue weighted by molar-refractivity contribution is 0.271. The van der Waals surface area contributed by atoms with Crippen molar-refractivity contribution < 1.29 is 4.74 Å². The Hall–Kier alpha value is -2.26. The van der Waals surface area contributed by atoms with Crippen molar-refractivity contribution in [2.75, 3.05) is 6.61 Å². The minimum absolute atomic E-state index is 0.483. The molecular formula is C16H16N2O. The van der Waals surface area contributed by atoms with Crippen LogP contribution in [0.3, 0.4) is 0 Å². The van der Waals surface area contributed by atoms with E-state index in [2.05, 4.69) is 18.2 Å². The Kier molecular flexibility index (Phi) is 4.59. The lowest BCUT2D eigenvalue weighted by Gasteiger charge is -2.13. The first kappa shape index (κ1) is 13.2. The predicted octanol–water partition coefficient (Wildman–Crippen LogP) is 3.58. The van der Waals surface area contributed by atoms with E-state index in [1.54, 1.807) is 0 Å². The molecule has 0 unspecified atom stereocenters. The van der Waals surface area contributed by atoms with Crippen molar-refractivity contribution in [2.45, 2.75) is 32.1 Å². The van der Waals surface area contributed by atoms with Gasteiger partial charge in [0.1, 0.15) is 5.76 Å². The van der Waals surface area contributed by atoms with Gasteiger partial charge in [-0.05, 0) is 31.2 Å². The first-order chi connectivity index (χ1) is 9.36. The number of ether oxygens (including phenoxy) is 1.